The molecule has 0 bridgehead atoms. The average Bonchev–Trinajstić information content (AvgIpc) is 3.17. The first-order valence-electron chi connectivity index (χ1n) is 8.52. The lowest BCUT2D eigenvalue weighted by molar-refractivity contribution is -0.119. The molecular weight excluding hydrogens is 308 g/mol. The highest BCUT2D eigenvalue weighted by atomic mass is 32.1. The molecule has 3 heterocycles. The van der Waals surface area contributed by atoms with E-state index in [-0.39, 0.29) is 11.3 Å². The van der Waals surface area contributed by atoms with Crippen molar-refractivity contribution in [1.29, 1.82) is 0 Å². The van der Waals surface area contributed by atoms with Gasteiger partial charge in [-0.1, -0.05) is 0 Å². The molecule has 1 amide bonds. The van der Waals surface area contributed by atoms with Crippen molar-refractivity contribution in [2.75, 3.05) is 32.7 Å². The van der Waals surface area contributed by atoms with Gasteiger partial charge in [0.1, 0.15) is 0 Å². The maximum atomic E-state index is 11.6. The number of nitrogens with one attached hydrogen (secondary N) is 2. The van der Waals surface area contributed by atoms with Gasteiger partial charge < -0.3 is 15.5 Å². The van der Waals surface area contributed by atoms with Crippen LogP contribution in [0.5, 0.6) is 0 Å². The Labute approximate surface area is 142 Å². The molecule has 1 atom stereocenters. The highest BCUT2D eigenvalue weighted by molar-refractivity contribution is 7.07. The zero-order valence-corrected chi connectivity index (χ0v) is 14.6. The highest BCUT2D eigenvalue weighted by Crippen LogP contribution is 2.35. The van der Waals surface area contributed by atoms with Crippen molar-refractivity contribution < 1.29 is 4.79 Å². The number of piperidine rings is 1. The first-order chi connectivity index (χ1) is 11.2. The lowest BCUT2D eigenvalue weighted by atomic mass is 9.79. The zero-order chi connectivity index (χ0) is 16.1. The number of guanidine groups is 1. The van der Waals surface area contributed by atoms with Crippen LogP contribution in [-0.4, -0.2) is 49.5 Å². The average molecular weight is 334 g/mol. The van der Waals surface area contributed by atoms with Crippen LogP contribution < -0.4 is 10.6 Å². The van der Waals surface area contributed by atoms with Gasteiger partial charge in [0.2, 0.25) is 5.91 Å². The van der Waals surface area contributed by atoms with Crippen molar-refractivity contribution >= 4 is 23.2 Å². The predicted molar refractivity (Wildman–Crippen MR) is 94.9 cm³/mol. The Kier molecular flexibility index (Phi) is 5.20. The molecule has 5 nitrogen and oxygen atoms in total. The summed E-state index contributed by atoms with van der Waals surface area (Å²) in [5, 5.41) is 10.7. The largest absolute Gasteiger partial charge is 0.357 e. The minimum absolute atomic E-state index is 0.110. The third-order valence-corrected chi connectivity index (χ3v) is 5.47. The third-order valence-electron chi connectivity index (χ3n) is 4.73. The number of carbonyl (C=O) groups is 1. The topological polar surface area (TPSA) is 56.7 Å². The van der Waals surface area contributed by atoms with E-state index in [2.05, 4.69) is 39.3 Å². The van der Waals surface area contributed by atoms with E-state index in [1.807, 2.05) is 0 Å². The molecular formula is C17H26N4OS. The molecule has 23 heavy (non-hydrogen) atoms. The van der Waals surface area contributed by atoms with Crippen LogP contribution in [0.15, 0.2) is 21.8 Å². The molecule has 1 aromatic heterocycles. The van der Waals surface area contributed by atoms with Gasteiger partial charge in [0.25, 0.3) is 0 Å². The standard InChI is InChI=1S/C17H26N4OS/c1-2-18-16(19-7-4-14-5-9-23-11-14)21-8-3-6-17(13-21)10-15(22)20-12-17/h5,9,11H,2-4,6-8,10,12-13H2,1H3,(H,18,19)(H,20,22). The van der Waals surface area contributed by atoms with Crippen molar-refractivity contribution in [2.24, 2.45) is 10.4 Å². The van der Waals surface area contributed by atoms with Gasteiger partial charge in [0.15, 0.2) is 5.96 Å². The number of nitrogens with zero attached hydrogens (tertiary/aromatic N) is 2. The quantitative estimate of drug-likeness (QED) is 0.653. The third kappa shape index (κ3) is 4.05. The summed E-state index contributed by atoms with van der Waals surface area (Å²) in [6.07, 6.45) is 3.91. The monoisotopic (exact) mass is 334 g/mol. The van der Waals surface area contributed by atoms with Gasteiger partial charge in [-0.2, -0.15) is 11.3 Å². The Morgan fingerprint density at radius 3 is 3.17 bits per heavy atom. The number of rotatable bonds is 4. The summed E-state index contributed by atoms with van der Waals surface area (Å²) in [5.74, 6) is 1.20. The summed E-state index contributed by atoms with van der Waals surface area (Å²) in [6.45, 7) is 6.55. The Hall–Kier alpha value is -1.56. The second-order valence-corrected chi connectivity index (χ2v) is 7.38. The summed E-state index contributed by atoms with van der Waals surface area (Å²) in [7, 11) is 0. The number of carbonyl (C=O) groups excluding carboxylic acids is 1. The summed E-state index contributed by atoms with van der Waals surface area (Å²) in [6, 6.07) is 2.17. The van der Waals surface area contributed by atoms with Crippen LogP contribution in [-0.2, 0) is 11.2 Å². The molecule has 2 fully saturated rings. The molecule has 1 spiro atoms. The summed E-state index contributed by atoms with van der Waals surface area (Å²) >= 11 is 1.74. The van der Waals surface area contributed by atoms with E-state index in [0.29, 0.717) is 6.42 Å². The zero-order valence-electron chi connectivity index (χ0n) is 13.8. The second kappa shape index (κ2) is 7.34. The maximum absolute atomic E-state index is 11.6. The molecule has 0 saturated carbocycles. The van der Waals surface area contributed by atoms with Crippen LogP contribution >= 0.6 is 11.3 Å². The number of amides is 1. The number of thiophene rings is 1. The molecule has 126 valence electrons. The Balaban J connectivity index is 1.63. The number of likely N-dealkylation sites (tertiary alicyclic amines) is 1. The molecule has 0 radical (unpaired) electrons. The molecule has 6 heteroatoms. The van der Waals surface area contributed by atoms with E-state index in [9.17, 15) is 4.79 Å². The molecule has 2 aliphatic heterocycles. The molecule has 1 unspecified atom stereocenters. The number of hydrogen-bond acceptors (Lipinski definition) is 3. The molecule has 1 aromatic rings. The van der Waals surface area contributed by atoms with Crippen LogP contribution in [0, 0.1) is 5.41 Å². The molecule has 0 aliphatic carbocycles. The lowest BCUT2D eigenvalue weighted by Gasteiger charge is -2.40. The van der Waals surface area contributed by atoms with Gasteiger partial charge in [0, 0.05) is 44.6 Å². The van der Waals surface area contributed by atoms with Crippen LogP contribution in [0.25, 0.3) is 0 Å². The Bertz CT molecular complexity index is 557. The van der Waals surface area contributed by atoms with Crippen molar-refractivity contribution in [3.05, 3.63) is 22.4 Å². The fourth-order valence-corrected chi connectivity index (χ4v) is 4.28. The van der Waals surface area contributed by atoms with E-state index in [1.165, 1.54) is 5.56 Å². The lowest BCUT2D eigenvalue weighted by Crippen LogP contribution is -2.51. The summed E-state index contributed by atoms with van der Waals surface area (Å²) < 4.78 is 0. The van der Waals surface area contributed by atoms with Crippen molar-refractivity contribution in [2.45, 2.75) is 32.6 Å². The van der Waals surface area contributed by atoms with Gasteiger partial charge in [-0.05, 0) is 48.6 Å². The molecule has 2 saturated heterocycles. The van der Waals surface area contributed by atoms with E-state index < -0.39 is 0 Å². The van der Waals surface area contributed by atoms with Gasteiger partial charge in [-0.25, -0.2) is 0 Å². The molecule has 2 aliphatic rings. The summed E-state index contributed by atoms with van der Waals surface area (Å²) in [5.41, 5.74) is 1.47. The minimum Gasteiger partial charge on any atom is -0.357 e. The van der Waals surface area contributed by atoms with Crippen LogP contribution in [0.4, 0.5) is 0 Å². The number of aliphatic imine (C=N–C) groups is 1. The molecule has 3 rings (SSSR count). The smallest absolute Gasteiger partial charge is 0.220 e. The van der Waals surface area contributed by atoms with Gasteiger partial charge in [0.05, 0.1) is 0 Å². The Morgan fingerprint density at radius 2 is 2.48 bits per heavy atom. The fourth-order valence-electron chi connectivity index (χ4n) is 3.58. The minimum atomic E-state index is 0.110. The first kappa shape index (κ1) is 16.3. The normalized spacial score (nSPS) is 25.0. The second-order valence-electron chi connectivity index (χ2n) is 6.60. The van der Waals surface area contributed by atoms with E-state index >= 15 is 0 Å². The van der Waals surface area contributed by atoms with Gasteiger partial charge >= 0.3 is 0 Å². The predicted octanol–water partition coefficient (Wildman–Crippen LogP) is 1.86. The van der Waals surface area contributed by atoms with Crippen LogP contribution in [0.1, 0.15) is 31.7 Å². The SMILES string of the molecule is CCNC(=NCCc1ccsc1)N1CCCC2(CNC(=O)C2)C1. The highest BCUT2D eigenvalue weighted by Gasteiger charge is 2.42. The maximum Gasteiger partial charge on any atom is 0.220 e. The first-order valence-corrected chi connectivity index (χ1v) is 9.46. The Morgan fingerprint density at radius 1 is 1.57 bits per heavy atom. The van der Waals surface area contributed by atoms with Gasteiger partial charge in [-0.15, -0.1) is 0 Å². The van der Waals surface area contributed by atoms with E-state index in [1.54, 1.807) is 11.3 Å². The molecule has 2 N–H and O–H groups in total. The van der Waals surface area contributed by atoms with Crippen molar-refractivity contribution in [1.82, 2.24) is 15.5 Å². The summed E-state index contributed by atoms with van der Waals surface area (Å²) in [4.78, 5) is 18.8. The fraction of sp³-hybridized carbons (Fsp3) is 0.647. The van der Waals surface area contributed by atoms with Crippen LogP contribution in [0.3, 0.4) is 0 Å². The van der Waals surface area contributed by atoms with E-state index in [0.717, 1.165) is 57.9 Å². The van der Waals surface area contributed by atoms with E-state index in [4.69, 9.17) is 4.99 Å². The van der Waals surface area contributed by atoms with Gasteiger partial charge in [-0.3, -0.25) is 9.79 Å². The van der Waals surface area contributed by atoms with Crippen molar-refractivity contribution in [3.63, 3.8) is 0 Å². The van der Waals surface area contributed by atoms with Crippen molar-refractivity contribution in [3.8, 4) is 0 Å². The molecule has 0 aromatic carbocycles. The van der Waals surface area contributed by atoms with Crippen LogP contribution in [0.2, 0.25) is 0 Å². The number of hydrogen-bond donors (Lipinski definition) is 2.